The average molecular weight is 461 g/mol. The predicted octanol–water partition coefficient (Wildman–Crippen LogP) is 3.89. The molecule has 2 amide bonds. The summed E-state index contributed by atoms with van der Waals surface area (Å²) in [6.07, 6.45) is 8.28. The Morgan fingerprint density at radius 3 is 2.71 bits per heavy atom. The van der Waals surface area contributed by atoms with Gasteiger partial charge in [0.15, 0.2) is 0 Å². The summed E-state index contributed by atoms with van der Waals surface area (Å²) in [5.41, 5.74) is 3.86. The van der Waals surface area contributed by atoms with Crippen molar-refractivity contribution in [2.45, 2.75) is 45.6 Å². The molecule has 8 heteroatoms. The number of aromatic amines is 1. The highest BCUT2D eigenvalue weighted by molar-refractivity contribution is 5.93. The average Bonchev–Trinajstić information content (AvgIpc) is 3.31. The molecule has 1 saturated carbocycles. The highest BCUT2D eigenvalue weighted by Crippen LogP contribution is 2.40. The van der Waals surface area contributed by atoms with Crippen molar-refractivity contribution in [1.82, 2.24) is 24.8 Å². The fraction of sp³-hybridized carbons (Fsp3) is 0.462. The van der Waals surface area contributed by atoms with Crippen LogP contribution >= 0.6 is 0 Å². The van der Waals surface area contributed by atoms with E-state index in [0.29, 0.717) is 23.8 Å². The van der Waals surface area contributed by atoms with Crippen LogP contribution < -0.4 is 5.32 Å². The molecule has 3 aromatic rings. The van der Waals surface area contributed by atoms with Crippen LogP contribution in [-0.2, 0) is 11.8 Å². The molecule has 178 valence electrons. The number of amides is 2. The number of carbonyl (C=O) groups is 2. The molecule has 1 saturated heterocycles. The molecule has 2 aliphatic rings. The van der Waals surface area contributed by atoms with Gasteiger partial charge in [-0.05, 0) is 48.3 Å². The van der Waals surface area contributed by atoms with Crippen molar-refractivity contribution in [3.8, 4) is 6.07 Å². The third kappa shape index (κ3) is 4.69. The molecule has 4 heterocycles. The number of aromatic nitrogens is 3. The number of fused-ring (bicyclic) bond motifs is 1. The van der Waals surface area contributed by atoms with Gasteiger partial charge in [-0.3, -0.25) is 14.6 Å². The van der Waals surface area contributed by atoms with Crippen molar-refractivity contribution in [2.75, 3.05) is 13.1 Å². The molecule has 34 heavy (non-hydrogen) atoms. The van der Waals surface area contributed by atoms with Crippen LogP contribution in [0.2, 0.25) is 0 Å². The number of aryl methyl sites for hydroxylation is 1. The van der Waals surface area contributed by atoms with Gasteiger partial charge in [-0.1, -0.05) is 20.8 Å². The molecule has 2 unspecified atom stereocenters. The van der Waals surface area contributed by atoms with E-state index in [1.807, 2.05) is 40.9 Å². The summed E-state index contributed by atoms with van der Waals surface area (Å²) in [4.78, 5) is 32.2. The zero-order valence-electron chi connectivity index (χ0n) is 20.2. The van der Waals surface area contributed by atoms with Crippen LogP contribution in [0.4, 0.5) is 0 Å². The van der Waals surface area contributed by atoms with Gasteiger partial charge in [-0.15, -0.1) is 0 Å². The summed E-state index contributed by atoms with van der Waals surface area (Å²) in [5.74, 6) is 1.42. The maximum Gasteiger partial charge on any atom is 0.270 e. The zero-order valence-corrected chi connectivity index (χ0v) is 20.2. The van der Waals surface area contributed by atoms with Gasteiger partial charge in [0.1, 0.15) is 11.7 Å². The Bertz CT molecular complexity index is 1230. The molecule has 1 aliphatic heterocycles. The molecule has 2 fully saturated rings. The third-order valence-corrected chi connectivity index (χ3v) is 7.15. The number of pyridine rings is 1. The van der Waals surface area contributed by atoms with E-state index in [1.54, 1.807) is 12.4 Å². The molecular weight excluding hydrogens is 428 g/mol. The van der Waals surface area contributed by atoms with Gasteiger partial charge >= 0.3 is 0 Å². The maximum absolute atomic E-state index is 12.4. The molecular formula is C26H32N6O2. The minimum Gasteiger partial charge on any atom is -0.354 e. The largest absolute Gasteiger partial charge is 0.354 e. The lowest BCUT2D eigenvalue weighted by molar-refractivity contribution is -0.109. The van der Waals surface area contributed by atoms with Crippen LogP contribution in [0.5, 0.6) is 0 Å². The van der Waals surface area contributed by atoms with Gasteiger partial charge in [0.25, 0.3) is 5.91 Å². The highest BCUT2D eigenvalue weighted by atomic mass is 16.2. The first-order valence-corrected chi connectivity index (χ1v) is 11.7. The summed E-state index contributed by atoms with van der Waals surface area (Å²) in [7, 11) is 1.89. The zero-order chi connectivity index (χ0) is 24.5. The second-order valence-corrected chi connectivity index (χ2v) is 10.1. The Morgan fingerprint density at radius 1 is 1.32 bits per heavy atom. The van der Waals surface area contributed by atoms with E-state index in [9.17, 15) is 9.59 Å². The van der Waals surface area contributed by atoms with Crippen LogP contribution in [0.15, 0.2) is 36.8 Å². The van der Waals surface area contributed by atoms with Crippen molar-refractivity contribution in [3.63, 3.8) is 0 Å². The lowest BCUT2D eigenvalue weighted by atomic mass is 9.84. The maximum atomic E-state index is 12.4. The second-order valence-electron chi connectivity index (χ2n) is 10.1. The summed E-state index contributed by atoms with van der Waals surface area (Å²) in [6, 6.07) is 7.32. The molecule has 8 nitrogen and oxygen atoms in total. The molecule has 0 spiro atoms. The number of likely N-dealkylation sites (tertiary alicyclic amines) is 1. The first-order valence-electron chi connectivity index (χ1n) is 11.7. The second kappa shape index (κ2) is 9.34. The number of hydrogen-bond acceptors (Lipinski definition) is 4. The van der Waals surface area contributed by atoms with Crippen molar-refractivity contribution < 1.29 is 9.59 Å². The highest BCUT2D eigenvalue weighted by Gasteiger charge is 2.39. The number of H-pyrrole nitrogens is 1. The predicted molar refractivity (Wildman–Crippen MR) is 130 cm³/mol. The van der Waals surface area contributed by atoms with Crippen LogP contribution in [0.25, 0.3) is 10.9 Å². The van der Waals surface area contributed by atoms with E-state index in [2.05, 4.69) is 42.1 Å². The minimum atomic E-state index is -0.665. The summed E-state index contributed by atoms with van der Waals surface area (Å²) >= 11 is 0. The van der Waals surface area contributed by atoms with Gasteiger partial charge in [-0.2, -0.15) is 5.26 Å². The fourth-order valence-corrected chi connectivity index (χ4v) is 4.54. The van der Waals surface area contributed by atoms with Crippen LogP contribution in [-0.4, -0.2) is 44.8 Å². The molecule has 2 atom stereocenters. The summed E-state index contributed by atoms with van der Waals surface area (Å²) in [6.45, 7) is 8.47. The molecule has 5 rings (SSSR count). The number of hydrogen-bond donors (Lipinski definition) is 2. The number of rotatable bonds is 5. The third-order valence-electron chi connectivity index (χ3n) is 7.15. The van der Waals surface area contributed by atoms with Crippen LogP contribution in [0.3, 0.4) is 0 Å². The Hall–Kier alpha value is -3.60. The number of nitriles is 1. The lowest BCUT2D eigenvalue weighted by Gasteiger charge is -2.21. The quantitative estimate of drug-likeness (QED) is 0.563. The Balaban J connectivity index is 0.000000162. The van der Waals surface area contributed by atoms with Gasteiger partial charge in [0, 0.05) is 55.4 Å². The Morgan fingerprint density at radius 2 is 2.09 bits per heavy atom. The fourth-order valence-electron chi connectivity index (χ4n) is 4.54. The van der Waals surface area contributed by atoms with E-state index in [-0.39, 0.29) is 11.3 Å². The molecule has 0 radical (unpaired) electrons. The van der Waals surface area contributed by atoms with Gasteiger partial charge in [0.2, 0.25) is 6.41 Å². The van der Waals surface area contributed by atoms with E-state index in [1.165, 1.54) is 18.5 Å². The molecule has 0 aromatic carbocycles. The minimum absolute atomic E-state index is 0.166. The van der Waals surface area contributed by atoms with Crippen molar-refractivity contribution in [1.29, 1.82) is 5.26 Å². The summed E-state index contributed by atoms with van der Waals surface area (Å²) in [5, 5.41) is 12.4. The van der Waals surface area contributed by atoms with Crippen LogP contribution in [0.1, 0.15) is 67.3 Å². The van der Waals surface area contributed by atoms with Gasteiger partial charge in [0.05, 0.1) is 11.6 Å². The SMILES string of the molecule is CC1CN(C(=O)c2ccc(C3CC3)[nH]2)CC1(C)C.Cn1ccc2cncc(C(C#N)NC=O)c21. The van der Waals surface area contributed by atoms with Crippen molar-refractivity contribution in [2.24, 2.45) is 18.4 Å². The Labute approximate surface area is 200 Å². The van der Waals surface area contributed by atoms with Gasteiger partial charge < -0.3 is 19.8 Å². The van der Waals surface area contributed by atoms with Gasteiger partial charge in [-0.25, -0.2) is 0 Å². The van der Waals surface area contributed by atoms with Crippen molar-refractivity contribution in [3.05, 3.63) is 53.7 Å². The van der Waals surface area contributed by atoms with E-state index >= 15 is 0 Å². The van der Waals surface area contributed by atoms with E-state index in [4.69, 9.17) is 5.26 Å². The van der Waals surface area contributed by atoms with E-state index in [0.717, 1.165) is 29.7 Å². The Kier molecular flexibility index (Phi) is 6.47. The smallest absolute Gasteiger partial charge is 0.270 e. The standard InChI is InChI=1S/C15H22N2O.C11H10N4O/c1-10-8-17(9-15(10,2)3)14(18)13-7-6-12(16-13)11-4-5-11;1-15-3-2-8-5-13-6-9(11(8)15)10(4-12)14-7-16/h6-7,10-11,16H,4-5,8-9H2,1-3H3;2-3,5-7,10H,1H3,(H,14,16). The lowest BCUT2D eigenvalue weighted by Crippen LogP contribution is -2.30. The number of nitrogens with one attached hydrogen (secondary N) is 2. The normalized spacial score (nSPS) is 19.7. The topological polar surface area (TPSA) is 107 Å². The first kappa shape index (κ1) is 23.6. The first-order chi connectivity index (χ1) is 16.2. The number of nitrogens with zero attached hydrogens (tertiary/aromatic N) is 4. The van der Waals surface area contributed by atoms with Crippen LogP contribution in [0, 0.1) is 22.7 Å². The molecule has 0 bridgehead atoms. The molecule has 3 aromatic heterocycles. The number of carbonyl (C=O) groups excluding carboxylic acids is 2. The van der Waals surface area contributed by atoms with Crippen molar-refractivity contribution >= 4 is 23.2 Å². The molecule has 2 N–H and O–H groups in total. The van der Waals surface area contributed by atoms with E-state index < -0.39 is 6.04 Å². The monoisotopic (exact) mass is 460 g/mol. The molecule has 1 aliphatic carbocycles. The summed E-state index contributed by atoms with van der Waals surface area (Å²) < 4.78 is 1.91.